The van der Waals surface area contributed by atoms with E-state index in [0.29, 0.717) is 67.8 Å². The van der Waals surface area contributed by atoms with Crippen LogP contribution in [0.4, 0.5) is 0 Å². The molecule has 1 saturated heterocycles. The van der Waals surface area contributed by atoms with Gasteiger partial charge in [0.1, 0.15) is 17.1 Å². The number of sulfonamides is 1. The zero-order valence-electron chi connectivity index (χ0n) is 23.1. The number of rotatable bonds is 7. The summed E-state index contributed by atoms with van der Waals surface area (Å²) >= 11 is 0. The predicted octanol–water partition coefficient (Wildman–Crippen LogP) is -0.534. The van der Waals surface area contributed by atoms with Crippen molar-refractivity contribution in [3.8, 4) is 17.1 Å². The Bertz CT molecular complexity index is 1550. The van der Waals surface area contributed by atoms with Crippen LogP contribution in [0.1, 0.15) is 26.0 Å². The van der Waals surface area contributed by atoms with Crippen LogP contribution in [0, 0.1) is 0 Å². The molecule has 0 spiro atoms. The van der Waals surface area contributed by atoms with Crippen molar-refractivity contribution >= 4 is 31.2 Å². The largest absolute Gasteiger partial charge is 0.493 e. The molecule has 3 aromatic rings. The van der Waals surface area contributed by atoms with Crippen LogP contribution >= 0.6 is 0 Å². The number of nitrogens with one attached hydrogen (secondary N) is 1. The van der Waals surface area contributed by atoms with E-state index >= 15 is 0 Å². The highest BCUT2D eigenvalue weighted by atomic mass is 32.2. The minimum Gasteiger partial charge on any atom is -0.493 e. The summed E-state index contributed by atoms with van der Waals surface area (Å²) in [5, 5.41) is 4.45. The normalized spacial score (nSPS) is 14.6. The summed E-state index contributed by atoms with van der Waals surface area (Å²) in [4.78, 5) is 22.7. The third-order valence-electron chi connectivity index (χ3n) is 5.86. The Morgan fingerprint density at radius 2 is 1.65 bits per heavy atom. The number of aromatic nitrogens is 4. The Morgan fingerprint density at radius 3 is 2.20 bits per heavy atom. The van der Waals surface area contributed by atoms with Gasteiger partial charge in [0.2, 0.25) is 10.0 Å². The Labute approximate surface area is 233 Å². The van der Waals surface area contributed by atoms with Gasteiger partial charge in [-0.25, -0.2) is 13.4 Å². The smallest absolute Gasteiger partial charge is 0.277 e. The van der Waals surface area contributed by atoms with Crippen molar-refractivity contribution < 1.29 is 37.1 Å². The van der Waals surface area contributed by atoms with Gasteiger partial charge in [-0.3, -0.25) is 14.0 Å². The summed E-state index contributed by atoms with van der Waals surface area (Å²) in [6.45, 7) is 6.48. The van der Waals surface area contributed by atoms with E-state index < -0.39 is 20.1 Å². The molecular weight excluding hydrogens is 568 g/mol. The first-order valence-electron chi connectivity index (χ1n) is 12.1. The minimum absolute atomic E-state index is 0. The lowest BCUT2D eigenvalue weighted by Gasteiger charge is -2.31. The average molecular weight is 607 g/mol. The number of fused-ring (bicyclic) bond motifs is 1. The molecule has 226 valence electrons. The maximum atomic E-state index is 13.3. The maximum absolute atomic E-state index is 13.3. The number of piperazine rings is 1. The van der Waals surface area contributed by atoms with Gasteiger partial charge in [-0.05, 0) is 38.6 Å². The molecule has 1 fully saturated rings. The van der Waals surface area contributed by atoms with Gasteiger partial charge in [-0.1, -0.05) is 13.3 Å². The van der Waals surface area contributed by atoms with E-state index in [0.717, 1.165) is 12.1 Å². The molecule has 1 aliphatic heterocycles. The van der Waals surface area contributed by atoms with Crippen LogP contribution < -0.4 is 10.3 Å². The second-order valence-electron chi connectivity index (χ2n) is 8.96. The number of benzene rings is 1. The summed E-state index contributed by atoms with van der Waals surface area (Å²) in [7, 11) is -3.67. The van der Waals surface area contributed by atoms with Crippen molar-refractivity contribution in [1.82, 2.24) is 29.0 Å². The Kier molecular flexibility index (Phi) is 12.4. The number of hydrogen-bond acceptors (Lipinski definition) is 9. The van der Waals surface area contributed by atoms with Crippen LogP contribution in [-0.4, -0.2) is 107 Å². The highest BCUT2D eigenvalue weighted by Gasteiger charge is 2.29. The number of nitrogens with zero attached hydrogens (tertiary/aromatic N) is 5. The fourth-order valence-electron chi connectivity index (χ4n) is 4.09. The lowest BCUT2D eigenvalue weighted by atomic mass is 10.1. The molecule has 15 nitrogen and oxygen atoms in total. The summed E-state index contributed by atoms with van der Waals surface area (Å²) in [5.74, 6) is 0.718. The van der Waals surface area contributed by atoms with Gasteiger partial charge in [0, 0.05) is 33.2 Å². The topological polar surface area (TPSA) is 231 Å². The van der Waals surface area contributed by atoms with Gasteiger partial charge in [0.25, 0.3) is 15.7 Å². The number of ether oxygens (including phenoxy) is 1. The zero-order valence-corrected chi connectivity index (χ0v) is 24.8. The van der Waals surface area contributed by atoms with Crippen LogP contribution in [-0.2, 0) is 33.6 Å². The van der Waals surface area contributed by atoms with Crippen LogP contribution in [0.25, 0.3) is 22.4 Å². The van der Waals surface area contributed by atoms with Crippen LogP contribution in [0.15, 0.2) is 27.9 Å². The van der Waals surface area contributed by atoms with E-state index in [2.05, 4.69) is 15.0 Å². The van der Waals surface area contributed by atoms with E-state index in [1.807, 2.05) is 20.9 Å². The van der Waals surface area contributed by atoms with Crippen molar-refractivity contribution in [2.24, 2.45) is 7.05 Å². The summed E-state index contributed by atoms with van der Waals surface area (Å²) < 4.78 is 61.3. The molecule has 0 amide bonds. The number of hydrogen-bond donors (Lipinski definition) is 2. The second-order valence-corrected chi connectivity index (χ2v) is 12.4. The number of H-pyrrole nitrogens is 1. The molecule has 3 heterocycles. The fourth-order valence-corrected chi connectivity index (χ4v) is 5.54. The molecule has 0 unspecified atom stereocenters. The van der Waals surface area contributed by atoms with Crippen molar-refractivity contribution in [3.63, 3.8) is 0 Å². The maximum Gasteiger partial charge on any atom is 0.277 e. The highest BCUT2D eigenvalue weighted by molar-refractivity contribution is 7.89. The van der Waals surface area contributed by atoms with Gasteiger partial charge >= 0.3 is 0 Å². The van der Waals surface area contributed by atoms with E-state index in [-0.39, 0.29) is 27.2 Å². The molecule has 0 atom stereocenters. The Morgan fingerprint density at radius 1 is 1.05 bits per heavy atom. The zero-order chi connectivity index (χ0) is 28.3. The van der Waals surface area contributed by atoms with Gasteiger partial charge in [-0.15, -0.1) is 0 Å². The van der Waals surface area contributed by atoms with E-state index in [1.54, 1.807) is 25.2 Å². The molecule has 6 N–H and O–H groups in total. The monoisotopic (exact) mass is 606 g/mol. The molecule has 0 bridgehead atoms. The summed E-state index contributed by atoms with van der Waals surface area (Å²) in [6, 6.07) is 4.71. The van der Waals surface area contributed by atoms with E-state index in [9.17, 15) is 21.6 Å². The SMILES string of the molecule is CCCc1nn(C)c2c(=O)[nH]c(-c3cc(S(=O)(=O)N4CCN(C)CC4)ccc3OCC)nc12.CS(=O)(=O)O.O.O. The van der Waals surface area contributed by atoms with Crippen LogP contribution in [0.2, 0.25) is 0 Å². The summed E-state index contributed by atoms with van der Waals surface area (Å²) in [6.07, 6.45) is 2.26. The second kappa shape index (κ2) is 14.1. The third-order valence-corrected chi connectivity index (χ3v) is 7.75. The standard InChI is InChI=1S/C22H30N6O4S.CH4O3S.2H2O/c1-5-7-17-19-20(27(4)25-17)22(29)24-21(23-19)16-14-15(8-9-18(16)32-6-2)33(30,31)28-12-10-26(3)11-13-28;1-5(2,3)4;;/h8-9,14H,5-7,10-13H2,1-4H3,(H,23,24,29);1H3,(H,2,3,4);2*1H2. The predicted molar refractivity (Wildman–Crippen MR) is 151 cm³/mol. The third kappa shape index (κ3) is 8.29. The molecule has 40 heavy (non-hydrogen) atoms. The van der Waals surface area contributed by atoms with Gasteiger partial charge in [0.15, 0.2) is 5.52 Å². The molecule has 0 radical (unpaired) electrons. The highest BCUT2D eigenvalue weighted by Crippen LogP contribution is 2.32. The average Bonchev–Trinajstić information content (AvgIpc) is 3.14. The van der Waals surface area contributed by atoms with Crippen LogP contribution in [0.5, 0.6) is 5.75 Å². The first-order chi connectivity index (χ1) is 17.8. The van der Waals surface area contributed by atoms with Crippen LogP contribution in [0.3, 0.4) is 0 Å². The van der Waals surface area contributed by atoms with Crippen molar-refractivity contribution in [3.05, 3.63) is 34.2 Å². The lowest BCUT2D eigenvalue weighted by molar-refractivity contribution is 0.222. The quantitative estimate of drug-likeness (QED) is 0.326. The Balaban J connectivity index is 0.00000105. The molecule has 0 saturated carbocycles. The number of aromatic amines is 1. The van der Waals surface area contributed by atoms with E-state index in [1.165, 1.54) is 8.99 Å². The van der Waals surface area contributed by atoms with Crippen molar-refractivity contribution in [2.45, 2.75) is 31.6 Å². The molecule has 0 aliphatic carbocycles. The molecule has 2 aromatic heterocycles. The van der Waals surface area contributed by atoms with Gasteiger partial charge in [0.05, 0.1) is 29.0 Å². The Hall–Kier alpha value is -2.93. The van der Waals surface area contributed by atoms with E-state index in [4.69, 9.17) is 14.3 Å². The van der Waals surface area contributed by atoms with Crippen molar-refractivity contribution in [1.29, 1.82) is 0 Å². The number of likely N-dealkylation sites (N-methyl/N-ethyl adjacent to an activating group) is 1. The van der Waals surface area contributed by atoms with Gasteiger partial charge in [-0.2, -0.15) is 17.8 Å². The molecule has 1 aromatic carbocycles. The number of aryl methyl sites for hydroxylation is 2. The minimum atomic E-state index is -3.70. The van der Waals surface area contributed by atoms with Crippen molar-refractivity contribution in [2.75, 3.05) is 46.1 Å². The molecular formula is C23H38N6O9S2. The molecule has 17 heteroatoms. The summed E-state index contributed by atoms with van der Waals surface area (Å²) in [5.41, 5.74) is 1.75. The lowest BCUT2D eigenvalue weighted by Crippen LogP contribution is -2.47. The first-order valence-corrected chi connectivity index (χ1v) is 15.4. The fraction of sp³-hybridized carbons (Fsp3) is 0.522. The molecule has 4 rings (SSSR count). The first kappa shape index (κ1) is 35.1. The molecule has 1 aliphatic rings. The van der Waals surface area contributed by atoms with Gasteiger partial charge < -0.3 is 25.6 Å².